The Balaban J connectivity index is 2.39. The van der Waals surface area contributed by atoms with Gasteiger partial charge >= 0.3 is 0 Å². The first-order valence-electron chi connectivity index (χ1n) is 5.00. The maximum absolute atomic E-state index is 13.2. The summed E-state index contributed by atoms with van der Waals surface area (Å²) < 4.78 is 38.0. The van der Waals surface area contributed by atoms with Crippen molar-refractivity contribution in [1.29, 1.82) is 0 Å². The van der Waals surface area contributed by atoms with Crippen molar-refractivity contribution < 1.29 is 12.8 Å². The van der Waals surface area contributed by atoms with Crippen LogP contribution in [-0.4, -0.2) is 27.8 Å². The van der Waals surface area contributed by atoms with Gasteiger partial charge in [0, 0.05) is 13.1 Å². The minimum absolute atomic E-state index is 0.00249. The van der Waals surface area contributed by atoms with Crippen LogP contribution in [0.3, 0.4) is 0 Å². The van der Waals surface area contributed by atoms with Crippen molar-refractivity contribution in [2.45, 2.75) is 6.54 Å². The number of halogens is 2. The molecule has 0 saturated heterocycles. The summed E-state index contributed by atoms with van der Waals surface area (Å²) in [4.78, 5) is 0. The maximum Gasteiger partial charge on any atom is 0.212 e. The highest BCUT2D eigenvalue weighted by Crippen LogP contribution is 2.16. The third-order valence-electron chi connectivity index (χ3n) is 2.17. The Morgan fingerprint density at radius 2 is 2.12 bits per heavy atom. The van der Waals surface area contributed by atoms with E-state index in [1.165, 1.54) is 13.1 Å². The molecule has 0 unspecified atom stereocenters. The van der Waals surface area contributed by atoms with Crippen LogP contribution in [0.1, 0.15) is 5.56 Å². The number of rotatable bonds is 6. The average Bonchev–Trinajstić information content (AvgIpc) is 2.29. The number of hydrogen-bond acceptors (Lipinski definition) is 3. The van der Waals surface area contributed by atoms with E-state index >= 15 is 0 Å². The molecule has 7 heteroatoms. The second-order valence-electron chi connectivity index (χ2n) is 3.45. The fourth-order valence-corrected chi connectivity index (χ4v) is 2.05. The van der Waals surface area contributed by atoms with Crippen molar-refractivity contribution in [2.24, 2.45) is 0 Å². The second kappa shape index (κ2) is 6.44. The fraction of sp³-hybridized carbons (Fsp3) is 0.400. The van der Waals surface area contributed by atoms with E-state index in [9.17, 15) is 12.8 Å². The summed E-state index contributed by atoms with van der Waals surface area (Å²) in [7, 11) is -1.81. The molecule has 0 radical (unpaired) electrons. The largest absolute Gasteiger partial charge is 0.312 e. The molecule has 0 atom stereocenters. The van der Waals surface area contributed by atoms with E-state index in [0.29, 0.717) is 17.6 Å². The van der Waals surface area contributed by atoms with Crippen LogP contribution in [0.2, 0.25) is 0 Å². The molecule has 1 aromatic rings. The third-order valence-corrected chi connectivity index (χ3v) is 4.18. The summed E-state index contributed by atoms with van der Waals surface area (Å²) in [6.45, 7) is 0.754. The molecule has 0 bridgehead atoms. The molecule has 0 fully saturated rings. The highest BCUT2D eigenvalue weighted by Gasteiger charge is 2.05. The second-order valence-corrected chi connectivity index (χ2v) is 6.35. The zero-order valence-electron chi connectivity index (χ0n) is 9.33. The summed E-state index contributed by atoms with van der Waals surface area (Å²) in [6.07, 6.45) is 0. The van der Waals surface area contributed by atoms with Gasteiger partial charge in [0.15, 0.2) is 0 Å². The van der Waals surface area contributed by atoms with E-state index in [1.807, 2.05) is 0 Å². The normalized spacial score (nSPS) is 11.7. The van der Waals surface area contributed by atoms with Crippen molar-refractivity contribution in [3.8, 4) is 0 Å². The Bertz CT molecular complexity index is 479. The summed E-state index contributed by atoms with van der Waals surface area (Å²) >= 11 is 3.06. The van der Waals surface area contributed by atoms with E-state index in [-0.39, 0.29) is 11.6 Å². The van der Waals surface area contributed by atoms with Crippen LogP contribution in [0.15, 0.2) is 22.7 Å². The van der Waals surface area contributed by atoms with Gasteiger partial charge in [-0.1, -0.05) is 6.07 Å². The minimum atomic E-state index is -3.18. The molecule has 2 N–H and O–H groups in total. The van der Waals surface area contributed by atoms with Gasteiger partial charge in [-0.05, 0) is 40.7 Å². The smallest absolute Gasteiger partial charge is 0.212 e. The molecule has 0 aromatic heterocycles. The molecule has 0 amide bonds. The highest BCUT2D eigenvalue weighted by molar-refractivity contribution is 9.10. The van der Waals surface area contributed by atoms with Crippen LogP contribution >= 0.6 is 15.9 Å². The molecule has 0 aliphatic rings. The molecule has 4 nitrogen and oxygen atoms in total. The molecule has 1 aromatic carbocycles. The van der Waals surface area contributed by atoms with Gasteiger partial charge in [0.2, 0.25) is 10.0 Å². The molecule has 1 rings (SSSR count). The molecule has 0 saturated carbocycles. The van der Waals surface area contributed by atoms with Crippen LogP contribution in [0.25, 0.3) is 0 Å². The Hall–Kier alpha value is -0.500. The highest BCUT2D eigenvalue weighted by atomic mass is 79.9. The van der Waals surface area contributed by atoms with Crippen LogP contribution < -0.4 is 10.0 Å². The van der Waals surface area contributed by atoms with Gasteiger partial charge in [0.1, 0.15) is 5.82 Å². The fourth-order valence-electron chi connectivity index (χ4n) is 1.19. The predicted octanol–water partition coefficient (Wildman–Crippen LogP) is 1.23. The first-order chi connectivity index (χ1) is 7.94. The lowest BCUT2D eigenvalue weighted by Crippen LogP contribution is -2.29. The quantitative estimate of drug-likeness (QED) is 0.774. The predicted molar refractivity (Wildman–Crippen MR) is 68.7 cm³/mol. The van der Waals surface area contributed by atoms with Gasteiger partial charge in [-0.25, -0.2) is 17.5 Å². The lowest BCUT2D eigenvalue weighted by atomic mass is 10.2. The van der Waals surface area contributed by atoms with E-state index in [0.717, 1.165) is 5.56 Å². The standard InChI is InChI=1S/C10H14BrFN2O2S/c1-13-17(15,16)5-4-14-7-8-2-3-9(11)10(12)6-8/h2-3,6,13-14H,4-5,7H2,1H3. The molecule has 0 aliphatic carbocycles. The Morgan fingerprint density at radius 1 is 1.41 bits per heavy atom. The molecule has 0 spiro atoms. The van der Waals surface area contributed by atoms with Gasteiger partial charge in [0.05, 0.1) is 10.2 Å². The Kier molecular flexibility index (Phi) is 5.51. The van der Waals surface area contributed by atoms with Gasteiger partial charge in [-0.15, -0.1) is 0 Å². The Labute approximate surface area is 109 Å². The zero-order valence-corrected chi connectivity index (χ0v) is 11.7. The molecule has 0 aliphatic heterocycles. The minimum Gasteiger partial charge on any atom is -0.312 e. The number of sulfonamides is 1. The van der Waals surface area contributed by atoms with Crippen molar-refractivity contribution in [3.05, 3.63) is 34.1 Å². The summed E-state index contributed by atoms with van der Waals surface area (Å²) in [5.41, 5.74) is 0.771. The average molecular weight is 325 g/mol. The zero-order chi connectivity index (χ0) is 12.9. The number of hydrogen-bond donors (Lipinski definition) is 2. The van der Waals surface area contributed by atoms with Crippen molar-refractivity contribution >= 4 is 26.0 Å². The SMILES string of the molecule is CNS(=O)(=O)CCNCc1ccc(Br)c(F)c1. The summed E-state index contributed by atoms with van der Waals surface area (Å²) in [6, 6.07) is 4.80. The topological polar surface area (TPSA) is 58.2 Å². The third kappa shape index (κ3) is 5.12. The number of nitrogens with one attached hydrogen (secondary N) is 2. The lowest BCUT2D eigenvalue weighted by molar-refractivity contribution is 0.582. The monoisotopic (exact) mass is 324 g/mol. The van der Waals surface area contributed by atoms with E-state index < -0.39 is 10.0 Å². The van der Waals surface area contributed by atoms with Crippen LogP contribution in [0.4, 0.5) is 4.39 Å². The molecule has 96 valence electrons. The van der Waals surface area contributed by atoms with Crippen LogP contribution in [0.5, 0.6) is 0 Å². The maximum atomic E-state index is 13.2. The van der Waals surface area contributed by atoms with E-state index in [4.69, 9.17) is 0 Å². The van der Waals surface area contributed by atoms with Crippen LogP contribution in [0, 0.1) is 5.82 Å². The van der Waals surface area contributed by atoms with Crippen molar-refractivity contribution in [1.82, 2.24) is 10.0 Å². The molecular weight excluding hydrogens is 311 g/mol. The van der Waals surface area contributed by atoms with E-state index in [2.05, 4.69) is 26.0 Å². The lowest BCUT2D eigenvalue weighted by Gasteiger charge is -2.06. The molecular formula is C10H14BrFN2O2S. The first-order valence-corrected chi connectivity index (χ1v) is 7.45. The van der Waals surface area contributed by atoms with Gasteiger partial charge in [0.25, 0.3) is 0 Å². The summed E-state index contributed by atoms with van der Waals surface area (Å²) in [5, 5.41) is 2.94. The van der Waals surface area contributed by atoms with Crippen LogP contribution in [-0.2, 0) is 16.6 Å². The van der Waals surface area contributed by atoms with Crippen molar-refractivity contribution in [3.63, 3.8) is 0 Å². The van der Waals surface area contributed by atoms with E-state index in [1.54, 1.807) is 12.1 Å². The molecule has 17 heavy (non-hydrogen) atoms. The summed E-state index contributed by atoms with van der Waals surface area (Å²) in [5.74, 6) is -0.324. The molecule has 0 heterocycles. The van der Waals surface area contributed by atoms with Gasteiger partial charge in [-0.3, -0.25) is 0 Å². The number of benzene rings is 1. The van der Waals surface area contributed by atoms with Gasteiger partial charge < -0.3 is 5.32 Å². The van der Waals surface area contributed by atoms with Crippen molar-refractivity contribution in [2.75, 3.05) is 19.3 Å². The van der Waals surface area contributed by atoms with Gasteiger partial charge in [-0.2, -0.15) is 0 Å². The first kappa shape index (κ1) is 14.6. The Morgan fingerprint density at radius 3 is 2.71 bits per heavy atom.